The van der Waals surface area contributed by atoms with Crippen molar-refractivity contribution in [2.24, 2.45) is 17.8 Å². The minimum atomic E-state index is -0.302. The molecule has 0 aromatic heterocycles. The van der Waals surface area contributed by atoms with E-state index < -0.39 is 0 Å². The predicted molar refractivity (Wildman–Crippen MR) is 77.2 cm³/mol. The van der Waals surface area contributed by atoms with Gasteiger partial charge in [-0.2, -0.15) is 0 Å². The van der Waals surface area contributed by atoms with Crippen molar-refractivity contribution in [3.63, 3.8) is 0 Å². The summed E-state index contributed by atoms with van der Waals surface area (Å²) in [6, 6.07) is 9.76. The molecule has 0 bridgehead atoms. The second-order valence-corrected chi connectivity index (χ2v) is 5.96. The molecule has 1 aliphatic carbocycles. The van der Waals surface area contributed by atoms with Crippen LogP contribution in [0.1, 0.15) is 18.4 Å². The molecule has 2 unspecified atom stereocenters. The molecule has 2 aliphatic rings. The van der Waals surface area contributed by atoms with E-state index in [1.807, 2.05) is 30.3 Å². The van der Waals surface area contributed by atoms with Crippen LogP contribution in [-0.2, 0) is 11.3 Å². The van der Waals surface area contributed by atoms with Crippen LogP contribution in [-0.4, -0.2) is 25.7 Å². The van der Waals surface area contributed by atoms with Crippen LogP contribution in [0.2, 0.25) is 0 Å². The summed E-state index contributed by atoms with van der Waals surface area (Å²) in [5.74, 6) is 2.26. The molecule has 20 heavy (non-hydrogen) atoms. The fourth-order valence-corrected chi connectivity index (χ4v) is 3.46. The SMILES string of the molecule is O=C(NCC1CC2CNCC2C1)OCc1ccccc1. The van der Waals surface area contributed by atoms with Crippen LogP contribution in [0.15, 0.2) is 30.3 Å². The lowest BCUT2D eigenvalue weighted by atomic mass is 10.0. The highest BCUT2D eigenvalue weighted by molar-refractivity contribution is 5.67. The zero-order valence-corrected chi connectivity index (χ0v) is 11.7. The number of alkyl carbamates (subject to hydrolysis) is 1. The van der Waals surface area contributed by atoms with Gasteiger partial charge < -0.3 is 15.4 Å². The molecule has 0 spiro atoms. The van der Waals surface area contributed by atoms with Gasteiger partial charge in [0.1, 0.15) is 6.61 Å². The molecule has 1 saturated carbocycles. The topological polar surface area (TPSA) is 50.4 Å². The Kier molecular flexibility index (Phi) is 4.21. The molecule has 2 atom stereocenters. The molecule has 4 nitrogen and oxygen atoms in total. The van der Waals surface area contributed by atoms with Gasteiger partial charge in [0.05, 0.1) is 0 Å². The summed E-state index contributed by atoms with van der Waals surface area (Å²) in [7, 11) is 0. The van der Waals surface area contributed by atoms with Gasteiger partial charge >= 0.3 is 6.09 Å². The van der Waals surface area contributed by atoms with Crippen molar-refractivity contribution < 1.29 is 9.53 Å². The van der Waals surface area contributed by atoms with Gasteiger partial charge in [0.15, 0.2) is 0 Å². The van der Waals surface area contributed by atoms with Crippen molar-refractivity contribution in [2.45, 2.75) is 19.4 Å². The van der Waals surface area contributed by atoms with Crippen LogP contribution < -0.4 is 10.6 Å². The molecular weight excluding hydrogens is 252 g/mol. The predicted octanol–water partition coefficient (Wildman–Crippen LogP) is 2.16. The van der Waals surface area contributed by atoms with Gasteiger partial charge in [0.25, 0.3) is 0 Å². The second-order valence-electron chi connectivity index (χ2n) is 5.96. The smallest absolute Gasteiger partial charge is 0.407 e. The maximum atomic E-state index is 11.7. The van der Waals surface area contributed by atoms with Crippen LogP contribution in [0.3, 0.4) is 0 Å². The van der Waals surface area contributed by atoms with E-state index in [9.17, 15) is 4.79 Å². The summed E-state index contributed by atoms with van der Waals surface area (Å²) in [5.41, 5.74) is 1.02. The van der Waals surface area contributed by atoms with E-state index in [0.29, 0.717) is 12.5 Å². The Balaban J connectivity index is 1.35. The van der Waals surface area contributed by atoms with Crippen molar-refractivity contribution in [1.82, 2.24) is 10.6 Å². The van der Waals surface area contributed by atoms with E-state index in [0.717, 1.165) is 37.0 Å². The Bertz CT molecular complexity index is 437. The average molecular weight is 274 g/mol. The van der Waals surface area contributed by atoms with Crippen molar-refractivity contribution in [3.8, 4) is 0 Å². The summed E-state index contributed by atoms with van der Waals surface area (Å²) < 4.78 is 5.22. The molecule has 1 saturated heterocycles. The lowest BCUT2D eigenvalue weighted by molar-refractivity contribution is 0.138. The first kappa shape index (κ1) is 13.4. The number of carbonyl (C=O) groups is 1. The molecule has 2 N–H and O–H groups in total. The maximum absolute atomic E-state index is 11.7. The maximum Gasteiger partial charge on any atom is 0.407 e. The molecule has 3 rings (SSSR count). The minimum Gasteiger partial charge on any atom is -0.445 e. The fraction of sp³-hybridized carbons (Fsp3) is 0.562. The second kappa shape index (κ2) is 6.27. The van der Waals surface area contributed by atoms with Crippen molar-refractivity contribution in [1.29, 1.82) is 0 Å². The molecule has 1 amide bonds. The number of nitrogens with one attached hydrogen (secondary N) is 2. The summed E-state index contributed by atoms with van der Waals surface area (Å²) in [5, 5.41) is 6.34. The van der Waals surface area contributed by atoms with E-state index in [1.165, 1.54) is 12.8 Å². The van der Waals surface area contributed by atoms with Crippen LogP contribution in [0.5, 0.6) is 0 Å². The third-order valence-electron chi connectivity index (χ3n) is 4.50. The van der Waals surface area contributed by atoms with Crippen LogP contribution in [0.4, 0.5) is 4.79 Å². The normalized spacial score (nSPS) is 28.1. The highest BCUT2D eigenvalue weighted by Gasteiger charge is 2.37. The molecule has 108 valence electrons. The number of amides is 1. The van der Waals surface area contributed by atoms with E-state index >= 15 is 0 Å². The van der Waals surface area contributed by atoms with E-state index in [-0.39, 0.29) is 6.09 Å². The molecule has 1 heterocycles. The van der Waals surface area contributed by atoms with Gasteiger partial charge in [-0.15, -0.1) is 0 Å². The third-order valence-corrected chi connectivity index (χ3v) is 4.50. The first-order valence-corrected chi connectivity index (χ1v) is 7.46. The van der Waals surface area contributed by atoms with Gasteiger partial charge in [-0.1, -0.05) is 30.3 Å². The molecule has 2 fully saturated rings. The Hall–Kier alpha value is -1.55. The number of hydrogen-bond acceptors (Lipinski definition) is 3. The number of rotatable bonds is 4. The van der Waals surface area contributed by atoms with E-state index in [1.54, 1.807) is 0 Å². The van der Waals surface area contributed by atoms with E-state index in [4.69, 9.17) is 4.74 Å². The minimum absolute atomic E-state index is 0.302. The largest absolute Gasteiger partial charge is 0.445 e. The first-order valence-electron chi connectivity index (χ1n) is 7.46. The number of fused-ring (bicyclic) bond motifs is 1. The third kappa shape index (κ3) is 3.31. The van der Waals surface area contributed by atoms with Gasteiger partial charge in [0.2, 0.25) is 0 Å². The highest BCUT2D eigenvalue weighted by atomic mass is 16.5. The molecule has 0 radical (unpaired) electrons. The first-order chi connectivity index (χ1) is 9.81. The lowest BCUT2D eigenvalue weighted by Crippen LogP contribution is -2.29. The highest BCUT2D eigenvalue weighted by Crippen LogP contribution is 2.37. The summed E-state index contributed by atoms with van der Waals surface area (Å²) >= 11 is 0. The molecule has 1 aromatic rings. The monoisotopic (exact) mass is 274 g/mol. The average Bonchev–Trinajstić information content (AvgIpc) is 3.05. The zero-order chi connectivity index (χ0) is 13.8. The van der Waals surface area contributed by atoms with Crippen molar-refractivity contribution >= 4 is 6.09 Å². The Morgan fingerprint density at radius 1 is 1.20 bits per heavy atom. The molecular formula is C16H22N2O2. The summed E-state index contributed by atoms with van der Waals surface area (Å²) in [6.07, 6.45) is 2.16. The lowest BCUT2D eigenvalue weighted by Gasteiger charge is -2.12. The van der Waals surface area contributed by atoms with E-state index in [2.05, 4.69) is 10.6 Å². The van der Waals surface area contributed by atoms with Crippen LogP contribution in [0, 0.1) is 17.8 Å². The number of hydrogen-bond donors (Lipinski definition) is 2. The van der Waals surface area contributed by atoms with Gasteiger partial charge in [-0.05, 0) is 49.2 Å². The zero-order valence-electron chi connectivity index (χ0n) is 11.7. The van der Waals surface area contributed by atoms with Crippen LogP contribution in [0.25, 0.3) is 0 Å². The van der Waals surface area contributed by atoms with Crippen molar-refractivity contribution in [2.75, 3.05) is 19.6 Å². The van der Waals surface area contributed by atoms with Gasteiger partial charge in [-0.3, -0.25) is 0 Å². The number of carbonyl (C=O) groups excluding carboxylic acids is 1. The molecule has 1 aromatic carbocycles. The number of benzene rings is 1. The Morgan fingerprint density at radius 3 is 2.60 bits per heavy atom. The van der Waals surface area contributed by atoms with Crippen LogP contribution >= 0.6 is 0 Å². The molecule has 1 aliphatic heterocycles. The van der Waals surface area contributed by atoms with Gasteiger partial charge in [0, 0.05) is 6.54 Å². The Labute approximate surface area is 119 Å². The summed E-state index contributed by atoms with van der Waals surface area (Å²) in [4.78, 5) is 11.7. The Morgan fingerprint density at radius 2 is 1.90 bits per heavy atom. The number of ether oxygens (including phenoxy) is 1. The van der Waals surface area contributed by atoms with Crippen molar-refractivity contribution in [3.05, 3.63) is 35.9 Å². The van der Waals surface area contributed by atoms with Gasteiger partial charge in [-0.25, -0.2) is 4.79 Å². The fourth-order valence-electron chi connectivity index (χ4n) is 3.46. The standard InChI is InChI=1S/C16H22N2O2/c19-16(20-11-12-4-2-1-3-5-12)18-8-13-6-14-9-17-10-15(14)7-13/h1-5,13-15,17H,6-11H2,(H,18,19). The quantitative estimate of drug-likeness (QED) is 0.884. The summed E-state index contributed by atoms with van der Waals surface area (Å²) in [6.45, 7) is 3.40. The molecule has 4 heteroatoms.